The minimum Gasteiger partial charge on any atom is -0.355 e. The molecule has 0 aliphatic heterocycles. The average molecular weight is 2550 g/mol. The Morgan fingerprint density at radius 1 is 0.276 bits per heavy atom. The number of imidazole rings is 5. The van der Waals surface area contributed by atoms with Crippen molar-refractivity contribution in [2.45, 2.75) is 62.3 Å². The zero-order chi connectivity index (χ0) is 86.0. The first-order valence-electron chi connectivity index (χ1n) is 39.2. The Balaban J connectivity index is 0.000000179. The van der Waals surface area contributed by atoms with Gasteiger partial charge in [0.25, 0.3) is 0 Å². The van der Waals surface area contributed by atoms with Gasteiger partial charge in [0.15, 0.2) is 0 Å². The summed E-state index contributed by atoms with van der Waals surface area (Å²) < 4.78 is 20.7. The van der Waals surface area contributed by atoms with Crippen LogP contribution in [0.3, 0.4) is 0 Å². The summed E-state index contributed by atoms with van der Waals surface area (Å²) in [7, 11) is 10.1. The Morgan fingerprint density at radius 2 is 0.598 bits per heavy atom. The second kappa shape index (κ2) is 43.7. The van der Waals surface area contributed by atoms with Crippen molar-refractivity contribution in [2.24, 2.45) is 35.2 Å². The molecule has 0 amide bonds. The van der Waals surface area contributed by atoms with E-state index in [-0.39, 0.29) is 101 Å². The summed E-state index contributed by atoms with van der Waals surface area (Å²) in [6.45, 7) is 54.6. The van der Waals surface area contributed by atoms with Gasteiger partial charge in [-0.05, 0) is 56.0 Å². The van der Waals surface area contributed by atoms with E-state index in [0.717, 1.165) is 152 Å². The van der Waals surface area contributed by atoms with Crippen molar-refractivity contribution < 1.29 is 101 Å². The third-order valence-electron chi connectivity index (χ3n) is 21.3. The van der Waals surface area contributed by atoms with Gasteiger partial charge in [-0.1, -0.05) is 126 Å². The van der Waals surface area contributed by atoms with E-state index in [4.69, 9.17) is 32.9 Å². The van der Waals surface area contributed by atoms with Crippen molar-refractivity contribution in [3.05, 3.63) is 401 Å². The molecule has 127 heavy (non-hydrogen) atoms. The Hall–Kier alpha value is -13.1. The molecule has 25 heteroatoms. The first kappa shape index (κ1) is 97.7. The third-order valence-corrected chi connectivity index (χ3v) is 21.3. The summed E-state index contributed by atoms with van der Waals surface area (Å²) in [6.07, 6.45) is 33.3. The van der Waals surface area contributed by atoms with Crippen LogP contribution in [0.4, 0.5) is 28.4 Å². The summed E-state index contributed by atoms with van der Waals surface area (Å²) in [5, 5.41) is 0. The Morgan fingerprint density at radius 3 is 0.937 bits per heavy atom. The van der Waals surface area contributed by atoms with Crippen LogP contribution in [0, 0.1) is 126 Å². The number of aryl methyl sites for hydroxylation is 12. The molecule has 0 aliphatic rings. The molecule has 10 heterocycles. The molecular weight excluding hydrogens is 2470 g/mol. The maximum atomic E-state index is 7.50. The van der Waals surface area contributed by atoms with Crippen molar-refractivity contribution in [2.75, 3.05) is 0 Å². The fourth-order valence-corrected chi connectivity index (χ4v) is 14.8. The average Bonchev–Trinajstić information content (AvgIpc) is 1.60. The number of hydrogen-bond donors (Lipinski definition) is 0. The van der Waals surface area contributed by atoms with E-state index in [9.17, 15) is 0 Å². The molecule has 20 nitrogen and oxygen atoms in total. The molecule has 0 saturated carbocycles. The summed E-state index contributed by atoms with van der Waals surface area (Å²) in [5.74, 6) is 3.94. The van der Waals surface area contributed by atoms with E-state index >= 15 is 0 Å². The van der Waals surface area contributed by atoms with Gasteiger partial charge in [0.05, 0.1) is 96.1 Å². The maximum Gasteiger partial charge on any atom is 0.111 e. The van der Waals surface area contributed by atoms with Crippen LogP contribution < -0.4 is 0 Å². The predicted molar refractivity (Wildman–Crippen MR) is 484 cm³/mol. The molecule has 0 bridgehead atoms. The van der Waals surface area contributed by atoms with Crippen molar-refractivity contribution >= 4 is 28.4 Å². The first-order chi connectivity index (χ1) is 59.1. The Labute approximate surface area is 809 Å². The molecule has 0 aliphatic carbocycles. The number of rotatable bonds is 13. The minimum absolute atomic E-state index is 0. The van der Waals surface area contributed by atoms with Gasteiger partial charge in [0.1, 0.15) is 28.4 Å². The number of aromatic nitrogens is 15. The molecule has 0 N–H and O–H groups in total. The largest absolute Gasteiger partial charge is 0.355 e. The third kappa shape index (κ3) is 21.0. The topological polar surface area (TPSA) is 136 Å². The maximum absolute atomic E-state index is 7.50. The van der Waals surface area contributed by atoms with E-state index in [0.29, 0.717) is 28.4 Å². The quantitative estimate of drug-likeness (QED) is 0.106. The molecule has 643 valence electrons. The first-order valence-corrected chi connectivity index (χ1v) is 39.2. The number of benzene rings is 8. The van der Waals surface area contributed by atoms with Crippen LogP contribution in [0.15, 0.2) is 263 Å². The second-order valence-electron chi connectivity index (χ2n) is 29.7. The molecular formula is C102H85Ir5N20-5. The van der Waals surface area contributed by atoms with Crippen LogP contribution in [-0.4, -0.2) is 70.6 Å². The van der Waals surface area contributed by atoms with E-state index < -0.39 is 0 Å². The molecule has 5 radical (unpaired) electrons. The smallest absolute Gasteiger partial charge is 0.111 e. The SMILES string of the molecule is [C-]#[N+]c1cc(-c2nccn2-c2c(-c3ccccc3)cn(C)c2-c2ccccc2)[c-]cc1C.[C-]#[N+]c1cc(-c2nccn2-c2c(C)cn(C)c2C)[c-]cc1C.[C-]#[N+]c1cc(-c2nccn2-c2ccn(C)c2C)[c-]cc1C.[C-]#[N+]c1cc(-c2nccn2-c2cn(C)cc2-c2ccccc2)[c-]cc1C.[C-]#[N+]c1cc(-c2nccn2-c2cn(C)cc2C)[c-]cc1C.[Ir].[Ir].[Ir].[Ir].[Ir]. The van der Waals surface area contributed by atoms with Gasteiger partial charge >= 0.3 is 0 Å². The zero-order valence-corrected chi connectivity index (χ0v) is 83.9. The fraction of sp³-hybridized carbons (Fsp3) is 0.137. The molecule has 18 rings (SSSR count). The van der Waals surface area contributed by atoms with Gasteiger partial charge in [-0.25, -0.2) is 0 Å². The van der Waals surface area contributed by atoms with E-state index in [1.54, 1.807) is 31.0 Å². The van der Waals surface area contributed by atoms with Crippen molar-refractivity contribution in [3.8, 4) is 119 Å². The van der Waals surface area contributed by atoms with E-state index in [1.165, 1.54) is 16.8 Å². The molecule has 0 unspecified atom stereocenters. The standard InChI is InChI=1S/C28H21N4.C22H17N4.C18H17N4.2C17H15N4.5Ir/c1-20-14-15-23(18-25(20)29-2)28-30-16-17-32(28)27-24(21-10-6-4-7-11-21)19-31(3)26(27)22-12-8-5-9-13-22;1-16-9-10-18(13-20(16)23-2)22-24-11-12-26(22)21-15-25(3)14-19(21)17-7-5-4-6-8-17;1-12-6-7-15(10-16(12)19-4)18-20-8-9-22(18)17-13(2)11-21(5)14(17)3;1-12-5-6-14(11-15(12)18-3)17-19-8-10-21(17)16-7-9-20(4)13(16)2;1-12-5-6-14(9-15(12)18-3)17-19-7-8-21(17)16-11-20(4)10-13(16)2;;;;;/h4-14,16-19H,1,3H3;4-9,11-15H,1,3H3;6,8-11H,1-3,5H3;2*5,7-11H,1-2,4H3;;;;;/q5*-1;;;;;. The van der Waals surface area contributed by atoms with Gasteiger partial charge in [0.2, 0.25) is 0 Å². The van der Waals surface area contributed by atoms with E-state index in [2.05, 4.69) is 246 Å². The summed E-state index contributed by atoms with van der Waals surface area (Å²) in [6, 6.07) is 67.9. The zero-order valence-electron chi connectivity index (χ0n) is 71.9. The van der Waals surface area contributed by atoms with E-state index in [1.807, 2.05) is 209 Å². The van der Waals surface area contributed by atoms with Crippen LogP contribution in [0.25, 0.3) is 143 Å². The van der Waals surface area contributed by atoms with Gasteiger partial charge in [0, 0.05) is 269 Å². The predicted octanol–water partition coefficient (Wildman–Crippen LogP) is 23.9. The van der Waals surface area contributed by atoms with Crippen molar-refractivity contribution in [1.29, 1.82) is 0 Å². The van der Waals surface area contributed by atoms with Crippen LogP contribution in [-0.2, 0) is 136 Å². The molecule has 0 spiro atoms. The van der Waals surface area contributed by atoms with Crippen LogP contribution in [0.2, 0.25) is 0 Å². The monoisotopic (exact) mass is 2550 g/mol. The molecule has 0 fully saturated rings. The number of hydrogen-bond acceptors (Lipinski definition) is 5. The van der Waals surface area contributed by atoms with Gasteiger partial charge in [-0.15, -0.1) is 116 Å². The second-order valence-corrected chi connectivity index (χ2v) is 29.7. The number of nitrogens with zero attached hydrogens (tertiary/aromatic N) is 20. The summed E-state index contributed by atoms with van der Waals surface area (Å²) in [5.41, 5.74) is 28.8. The molecule has 8 aromatic carbocycles. The van der Waals surface area contributed by atoms with Gasteiger partial charge in [-0.3, -0.25) is 49.1 Å². The molecule has 18 aromatic rings. The van der Waals surface area contributed by atoms with Crippen molar-refractivity contribution in [1.82, 2.24) is 70.6 Å². The summed E-state index contributed by atoms with van der Waals surface area (Å²) >= 11 is 0. The van der Waals surface area contributed by atoms with Crippen LogP contribution >= 0.6 is 0 Å². The van der Waals surface area contributed by atoms with Gasteiger partial charge in [-0.2, -0.15) is 30.3 Å². The molecule has 0 saturated heterocycles. The summed E-state index contributed by atoms with van der Waals surface area (Å²) in [4.78, 5) is 40.5. The molecule has 10 aromatic heterocycles. The normalized spacial score (nSPS) is 10.2. The Bertz CT molecular complexity index is 7000. The Kier molecular flexibility index (Phi) is 33.6. The van der Waals surface area contributed by atoms with Crippen molar-refractivity contribution in [3.63, 3.8) is 0 Å². The molecule has 0 atom stereocenters. The van der Waals surface area contributed by atoms with Crippen LogP contribution in [0.1, 0.15) is 50.3 Å². The fourth-order valence-electron chi connectivity index (χ4n) is 14.8. The minimum atomic E-state index is 0. The van der Waals surface area contributed by atoms with Crippen LogP contribution in [0.5, 0.6) is 0 Å². The van der Waals surface area contributed by atoms with Gasteiger partial charge < -0.3 is 45.7 Å².